The van der Waals surface area contributed by atoms with Crippen molar-refractivity contribution in [1.29, 1.82) is 0 Å². The SMILES string of the molecule is C=CC[C@H]1Nc2ccc(C)cc2C=C1c1ccc2cc(C)ccc2n1. The average Bonchev–Trinajstić information content (AvgIpc) is 2.61. The number of rotatable bonds is 3. The molecule has 0 saturated heterocycles. The van der Waals surface area contributed by atoms with E-state index in [-0.39, 0.29) is 6.04 Å². The summed E-state index contributed by atoms with van der Waals surface area (Å²) in [4.78, 5) is 4.93. The number of aryl methyl sites for hydroxylation is 2. The molecule has 0 unspecified atom stereocenters. The van der Waals surface area contributed by atoms with Crippen molar-refractivity contribution < 1.29 is 0 Å². The van der Waals surface area contributed by atoms with Gasteiger partial charge in [-0.1, -0.05) is 35.4 Å². The minimum atomic E-state index is 0.197. The van der Waals surface area contributed by atoms with Gasteiger partial charge in [-0.05, 0) is 62.2 Å². The van der Waals surface area contributed by atoms with Gasteiger partial charge in [0.05, 0.1) is 17.3 Å². The van der Waals surface area contributed by atoms with E-state index < -0.39 is 0 Å². The Hall–Kier alpha value is -2.87. The second-order valence-electron chi connectivity index (χ2n) is 6.80. The molecule has 0 radical (unpaired) electrons. The molecule has 0 bridgehead atoms. The number of anilines is 1. The molecule has 2 heteroatoms. The molecule has 0 amide bonds. The van der Waals surface area contributed by atoms with Gasteiger partial charge in [0.25, 0.3) is 0 Å². The van der Waals surface area contributed by atoms with E-state index in [1.54, 1.807) is 0 Å². The van der Waals surface area contributed by atoms with Crippen molar-refractivity contribution >= 4 is 28.2 Å². The molecule has 1 atom stereocenters. The maximum Gasteiger partial charge on any atom is 0.0709 e. The van der Waals surface area contributed by atoms with Gasteiger partial charge in [-0.3, -0.25) is 0 Å². The molecule has 1 aliphatic heterocycles. The van der Waals surface area contributed by atoms with Gasteiger partial charge < -0.3 is 5.32 Å². The Balaban J connectivity index is 1.85. The zero-order chi connectivity index (χ0) is 17.4. The van der Waals surface area contributed by atoms with Crippen LogP contribution < -0.4 is 5.32 Å². The fraction of sp³-hybridized carbons (Fsp3) is 0.174. The number of aromatic nitrogens is 1. The van der Waals surface area contributed by atoms with Gasteiger partial charge in [0.2, 0.25) is 0 Å². The molecule has 2 nitrogen and oxygen atoms in total. The largest absolute Gasteiger partial charge is 0.377 e. The third kappa shape index (κ3) is 2.96. The summed E-state index contributed by atoms with van der Waals surface area (Å²) >= 11 is 0. The van der Waals surface area contributed by atoms with Crippen molar-refractivity contribution in [3.05, 3.63) is 83.6 Å². The quantitative estimate of drug-likeness (QED) is 0.619. The van der Waals surface area contributed by atoms with E-state index in [1.807, 2.05) is 6.08 Å². The molecule has 0 spiro atoms. The summed E-state index contributed by atoms with van der Waals surface area (Å²) in [7, 11) is 0. The lowest BCUT2D eigenvalue weighted by atomic mass is 9.92. The maximum atomic E-state index is 4.93. The summed E-state index contributed by atoms with van der Waals surface area (Å²) in [5.41, 5.74) is 8.22. The van der Waals surface area contributed by atoms with E-state index in [4.69, 9.17) is 4.98 Å². The van der Waals surface area contributed by atoms with Crippen LogP contribution in [0.2, 0.25) is 0 Å². The lowest BCUT2D eigenvalue weighted by Gasteiger charge is -2.28. The van der Waals surface area contributed by atoms with Gasteiger partial charge in [-0.25, -0.2) is 4.98 Å². The lowest BCUT2D eigenvalue weighted by Crippen LogP contribution is -2.24. The monoisotopic (exact) mass is 326 g/mol. The number of nitrogens with zero attached hydrogens (tertiary/aromatic N) is 1. The molecule has 1 aliphatic rings. The second kappa shape index (κ2) is 6.21. The van der Waals surface area contributed by atoms with Gasteiger partial charge in [0, 0.05) is 16.6 Å². The molecule has 124 valence electrons. The first kappa shape index (κ1) is 15.6. The van der Waals surface area contributed by atoms with Crippen molar-refractivity contribution in [2.75, 3.05) is 5.32 Å². The number of pyridine rings is 1. The Morgan fingerprint density at radius 1 is 1.04 bits per heavy atom. The molecule has 4 rings (SSSR count). The first-order chi connectivity index (χ1) is 12.1. The third-order valence-electron chi connectivity index (χ3n) is 4.77. The van der Waals surface area contributed by atoms with Crippen molar-refractivity contribution in [3.63, 3.8) is 0 Å². The van der Waals surface area contributed by atoms with Crippen molar-refractivity contribution in [2.24, 2.45) is 0 Å². The summed E-state index contributed by atoms with van der Waals surface area (Å²) in [6.07, 6.45) is 5.11. The highest BCUT2D eigenvalue weighted by Crippen LogP contribution is 2.34. The lowest BCUT2D eigenvalue weighted by molar-refractivity contribution is 0.904. The van der Waals surface area contributed by atoms with Crippen LogP contribution >= 0.6 is 0 Å². The Kier molecular flexibility index (Phi) is 3.89. The first-order valence-corrected chi connectivity index (χ1v) is 8.71. The van der Waals surface area contributed by atoms with Gasteiger partial charge >= 0.3 is 0 Å². The summed E-state index contributed by atoms with van der Waals surface area (Å²) < 4.78 is 0. The highest BCUT2D eigenvalue weighted by atomic mass is 14.9. The molecule has 0 fully saturated rings. The molecule has 1 N–H and O–H groups in total. The molecule has 2 heterocycles. The number of hydrogen-bond donors (Lipinski definition) is 1. The molecule has 1 aromatic heterocycles. The van der Waals surface area contributed by atoms with Gasteiger partial charge in [-0.15, -0.1) is 6.58 Å². The van der Waals surface area contributed by atoms with E-state index in [9.17, 15) is 0 Å². The van der Waals surface area contributed by atoms with Crippen LogP contribution in [0.5, 0.6) is 0 Å². The van der Waals surface area contributed by atoms with E-state index >= 15 is 0 Å². The smallest absolute Gasteiger partial charge is 0.0709 e. The Morgan fingerprint density at radius 3 is 2.68 bits per heavy atom. The normalized spacial score (nSPS) is 16.1. The van der Waals surface area contributed by atoms with E-state index in [0.717, 1.165) is 17.6 Å². The van der Waals surface area contributed by atoms with Gasteiger partial charge in [-0.2, -0.15) is 0 Å². The maximum absolute atomic E-state index is 4.93. The standard InChI is InChI=1S/C23H22N2/c1-4-5-22-19(14-18-13-16(3)7-10-21(18)25-22)23-11-8-17-12-15(2)6-9-20(17)24-23/h4,6-14,22,25H,1,5H2,2-3H3/t22-/m1/s1. The van der Waals surface area contributed by atoms with Crippen LogP contribution in [-0.4, -0.2) is 11.0 Å². The zero-order valence-corrected chi connectivity index (χ0v) is 14.7. The number of nitrogens with one attached hydrogen (secondary N) is 1. The number of hydrogen-bond acceptors (Lipinski definition) is 2. The predicted molar refractivity (Wildman–Crippen MR) is 108 cm³/mol. The van der Waals surface area contributed by atoms with Gasteiger partial charge in [0.15, 0.2) is 0 Å². The average molecular weight is 326 g/mol. The Labute approximate surface area is 148 Å². The van der Waals surface area contributed by atoms with Crippen LogP contribution in [-0.2, 0) is 0 Å². The topological polar surface area (TPSA) is 24.9 Å². The second-order valence-corrected chi connectivity index (χ2v) is 6.80. The Bertz CT molecular complexity index is 998. The van der Waals surface area contributed by atoms with Crippen LogP contribution in [0.4, 0.5) is 5.69 Å². The summed E-state index contributed by atoms with van der Waals surface area (Å²) in [6, 6.07) is 17.4. The minimum Gasteiger partial charge on any atom is -0.377 e. The van der Waals surface area contributed by atoms with Crippen LogP contribution in [0.3, 0.4) is 0 Å². The van der Waals surface area contributed by atoms with E-state index in [0.29, 0.717) is 0 Å². The predicted octanol–water partition coefficient (Wildman–Crippen LogP) is 5.76. The molecular formula is C23H22N2. The minimum absolute atomic E-state index is 0.197. The van der Waals surface area contributed by atoms with Gasteiger partial charge in [0.1, 0.15) is 0 Å². The molecule has 2 aromatic carbocycles. The molecule has 25 heavy (non-hydrogen) atoms. The fourth-order valence-electron chi connectivity index (χ4n) is 3.48. The molecule has 0 aliphatic carbocycles. The number of fused-ring (bicyclic) bond motifs is 2. The van der Waals surface area contributed by atoms with E-state index in [1.165, 1.54) is 33.3 Å². The zero-order valence-electron chi connectivity index (χ0n) is 14.7. The van der Waals surface area contributed by atoms with Crippen molar-refractivity contribution in [3.8, 4) is 0 Å². The summed E-state index contributed by atoms with van der Waals surface area (Å²) in [6.45, 7) is 8.16. The fourth-order valence-corrected chi connectivity index (χ4v) is 3.48. The van der Waals surface area contributed by atoms with Crippen LogP contribution in [0.25, 0.3) is 22.6 Å². The Morgan fingerprint density at radius 2 is 1.84 bits per heavy atom. The van der Waals surface area contributed by atoms with Crippen LogP contribution in [0, 0.1) is 13.8 Å². The summed E-state index contributed by atoms with van der Waals surface area (Å²) in [5.74, 6) is 0. The highest BCUT2D eigenvalue weighted by Gasteiger charge is 2.22. The van der Waals surface area contributed by atoms with Crippen LogP contribution in [0.1, 0.15) is 28.8 Å². The van der Waals surface area contributed by atoms with Crippen LogP contribution in [0.15, 0.2) is 61.2 Å². The highest BCUT2D eigenvalue weighted by molar-refractivity contribution is 5.93. The number of benzene rings is 2. The third-order valence-corrected chi connectivity index (χ3v) is 4.77. The van der Waals surface area contributed by atoms with Crippen molar-refractivity contribution in [2.45, 2.75) is 26.3 Å². The summed E-state index contributed by atoms with van der Waals surface area (Å²) in [5, 5.41) is 4.84. The molecule has 0 saturated carbocycles. The molecule has 3 aromatic rings. The molecular weight excluding hydrogens is 304 g/mol. The van der Waals surface area contributed by atoms with E-state index in [2.05, 4.69) is 80.4 Å². The van der Waals surface area contributed by atoms with Crippen molar-refractivity contribution in [1.82, 2.24) is 4.98 Å². The first-order valence-electron chi connectivity index (χ1n) is 8.71.